The lowest BCUT2D eigenvalue weighted by molar-refractivity contribution is 0.0260. The summed E-state index contributed by atoms with van der Waals surface area (Å²) in [5.74, 6) is 0.658. The molecule has 0 spiro atoms. The van der Waals surface area contributed by atoms with Crippen molar-refractivity contribution in [2.24, 2.45) is 5.92 Å². The summed E-state index contributed by atoms with van der Waals surface area (Å²) in [6, 6.07) is 4.89. The van der Waals surface area contributed by atoms with Gasteiger partial charge >= 0.3 is 0 Å². The Morgan fingerprint density at radius 2 is 2.05 bits per heavy atom. The second-order valence-corrected chi connectivity index (χ2v) is 5.43. The predicted molar refractivity (Wildman–Crippen MR) is 76.5 cm³/mol. The Bertz CT molecular complexity index is 385. The van der Waals surface area contributed by atoms with Gasteiger partial charge in [0.25, 0.3) is 0 Å². The minimum absolute atomic E-state index is 0.197. The van der Waals surface area contributed by atoms with Gasteiger partial charge in [-0.15, -0.1) is 0 Å². The molecule has 19 heavy (non-hydrogen) atoms. The van der Waals surface area contributed by atoms with E-state index in [-0.39, 0.29) is 5.75 Å². The van der Waals surface area contributed by atoms with Crippen molar-refractivity contribution < 1.29 is 14.9 Å². The van der Waals surface area contributed by atoms with E-state index in [0.717, 1.165) is 0 Å². The molecule has 0 saturated carbocycles. The lowest BCUT2D eigenvalue weighted by Gasteiger charge is -2.14. The largest absolute Gasteiger partial charge is 0.508 e. The second-order valence-electron chi connectivity index (χ2n) is 4.99. The number of aromatic hydroxyl groups is 1. The third-order valence-electron chi connectivity index (χ3n) is 2.50. The monoisotopic (exact) mass is 287 g/mol. The summed E-state index contributed by atoms with van der Waals surface area (Å²) < 4.78 is 5.34. The summed E-state index contributed by atoms with van der Waals surface area (Å²) >= 11 is 5.85. The van der Waals surface area contributed by atoms with Crippen LogP contribution < -0.4 is 5.32 Å². The fourth-order valence-electron chi connectivity index (χ4n) is 1.57. The van der Waals surface area contributed by atoms with Gasteiger partial charge in [0.2, 0.25) is 0 Å². The number of aliphatic hydroxyl groups is 1. The molecule has 0 fully saturated rings. The molecule has 1 aromatic rings. The fraction of sp³-hybridized carbons (Fsp3) is 0.571. The van der Waals surface area contributed by atoms with Gasteiger partial charge in [-0.3, -0.25) is 0 Å². The molecule has 0 amide bonds. The third-order valence-corrected chi connectivity index (χ3v) is 2.73. The fourth-order valence-corrected chi connectivity index (χ4v) is 1.76. The standard InChI is InChI=1S/C14H22ClNO3/c1-10(2)8-19-9-13(17)7-16-6-11-5-12(15)3-4-14(11)18/h3-5,10,13,16-18H,6-9H2,1-2H3. The van der Waals surface area contributed by atoms with Crippen molar-refractivity contribution in [2.75, 3.05) is 19.8 Å². The topological polar surface area (TPSA) is 61.7 Å². The minimum atomic E-state index is -0.555. The second kappa shape index (κ2) is 8.38. The molecule has 0 bridgehead atoms. The van der Waals surface area contributed by atoms with Crippen LogP contribution in [0.4, 0.5) is 0 Å². The van der Waals surface area contributed by atoms with Crippen molar-refractivity contribution in [3.05, 3.63) is 28.8 Å². The van der Waals surface area contributed by atoms with E-state index in [1.54, 1.807) is 18.2 Å². The van der Waals surface area contributed by atoms with Crippen molar-refractivity contribution in [1.29, 1.82) is 0 Å². The molecular formula is C14H22ClNO3. The maximum Gasteiger partial charge on any atom is 0.120 e. The van der Waals surface area contributed by atoms with Crippen LogP contribution >= 0.6 is 11.6 Å². The zero-order valence-electron chi connectivity index (χ0n) is 11.4. The van der Waals surface area contributed by atoms with Crippen molar-refractivity contribution in [1.82, 2.24) is 5.32 Å². The average Bonchev–Trinajstić information content (AvgIpc) is 2.33. The van der Waals surface area contributed by atoms with Gasteiger partial charge in [-0.05, 0) is 24.1 Å². The highest BCUT2D eigenvalue weighted by Crippen LogP contribution is 2.20. The Morgan fingerprint density at radius 3 is 2.74 bits per heavy atom. The molecule has 1 aromatic carbocycles. The summed E-state index contributed by atoms with van der Waals surface area (Å²) in [5, 5.41) is 22.9. The highest BCUT2D eigenvalue weighted by Gasteiger charge is 2.06. The highest BCUT2D eigenvalue weighted by molar-refractivity contribution is 6.30. The van der Waals surface area contributed by atoms with Crippen LogP contribution in [-0.4, -0.2) is 36.1 Å². The zero-order chi connectivity index (χ0) is 14.3. The molecule has 4 nitrogen and oxygen atoms in total. The van der Waals surface area contributed by atoms with Crippen LogP contribution in [0.2, 0.25) is 5.02 Å². The van der Waals surface area contributed by atoms with Crippen LogP contribution in [0.25, 0.3) is 0 Å². The predicted octanol–water partition coefficient (Wildman–Crippen LogP) is 2.17. The van der Waals surface area contributed by atoms with Gasteiger partial charge in [-0.25, -0.2) is 0 Å². The van der Waals surface area contributed by atoms with Crippen LogP contribution in [0.15, 0.2) is 18.2 Å². The SMILES string of the molecule is CC(C)COCC(O)CNCc1cc(Cl)ccc1O. The Balaban J connectivity index is 2.24. The number of hydrogen-bond donors (Lipinski definition) is 3. The lowest BCUT2D eigenvalue weighted by Crippen LogP contribution is -2.30. The molecule has 108 valence electrons. The van der Waals surface area contributed by atoms with E-state index in [2.05, 4.69) is 19.2 Å². The highest BCUT2D eigenvalue weighted by atomic mass is 35.5. The first-order valence-corrected chi connectivity index (χ1v) is 6.80. The number of hydrogen-bond acceptors (Lipinski definition) is 4. The maximum absolute atomic E-state index is 9.69. The summed E-state index contributed by atoms with van der Waals surface area (Å²) in [7, 11) is 0. The average molecular weight is 288 g/mol. The van der Waals surface area contributed by atoms with E-state index in [4.69, 9.17) is 16.3 Å². The van der Waals surface area contributed by atoms with Gasteiger partial charge in [0.05, 0.1) is 12.7 Å². The number of phenols is 1. The van der Waals surface area contributed by atoms with Gasteiger partial charge in [-0.1, -0.05) is 25.4 Å². The minimum Gasteiger partial charge on any atom is -0.508 e. The van der Waals surface area contributed by atoms with E-state index in [1.807, 2.05) is 0 Å². The molecular weight excluding hydrogens is 266 g/mol. The third kappa shape index (κ3) is 6.78. The first kappa shape index (κ1) is 16.2. The molecule has 0 saturated heterocycles. The molecule has 1 atom stereocenters. The molecule has 1 unspecified atom stereocenters. The number of nitrogens with one attached hydrogen (secondary N) is 1. The smallest absolute Gasteiger partial charge is 0.120 e. The van der Waals surface area contributed by atoms with E-state index in [9.17, 15) is 10.2 Å². The van der Waals surface area contributed by atoms with Crippen LogP contribution in [0.1, 0.15) is 19.4 Å². The van der Waals surface area contributed by atoms with Crippen LogP contribution in [0.5, 0.6) is 5.75 Å². The molecule has 0 aliphatic carbocycles. The maximum atomic E-state index is 9.69. The van der Waals surface area contributed by atoms with Crippen molar-refractivity contribution in [2.45, 2.75) is 26.5 Å². The van der Waals surface area contributed by atoms with Gasteiger partial charge in [0.1, 0.15) is 5.75 Å². The Morgan fingerprint density at radius 1 is 1.32 bits per heavy atom. The number of halogens is 1. The number of ether oxygens (including phenoxy) is 1. The Labute approximate surface area is 119 Å². The van der Waals surface area contributed by atoms with Crippen LogP contribution in [0.3, 0.4) is 0 Å². The quantitative estimate of drug-likeness (QED) is 0.686. The van der Waals surface area contributed by atoms with Crippen molar-refractivity contribution in [3.63, 3.8) is 0 Å². The van der Waals surface area contributed by atoms with Gasteiger partial charge < -0.3 is 20.3 Å². The van der Waals surface area contributed by atoms with Gasteiger partial charge in [-0.2, -0.15) is 0 Å². The van der Waals surface area contributed by atoms with E-state index < -0.39 is 6.10 Å². The summed E-state index contributed by atoms with van der Waals surface area (Å²) in [6.07, 6.45) is -0.555. The molecule has 0 radical (unpaired) electrons. The molecule has 0 heterocycles. The normalized spacial score (nSPS) is 12.9. The number of aliphatic hydroxyl groups excluding tert-OH is 1. The van der Waals surface area contributed by atoms with Crippen LogP contribution in [0, 0.1) is 5.92 Å². The molecule has 0 aromatic heterocycles. The van der Waals surface area contributed by atoms with Gasteiger partial charge in [0, 0.05) is 30.3 Å². The van der Waals surface area contributed by atoms with E-state index >= 15 is 0 Å². The Kier molecular flexibility index (Phi) is 7.16. The summed E-state index contributed by atoms with van der Waals surface area (Å²) in [5.41, 5.74) is 0.711. The molecule has 5 heteroatoms. The molecule has 0 aliphatic rings. The van der Waals surface area contributed by atoms with Crippen LogP contribution in [-0.2, 0) is 11.3 Å². The van der Waals surface area contributed by atoms with Gasteiger partial charge in [0.15, 0.2) is 0 Å². The van der Waals surface area contributed by atoms with E-state index in [0.29, 0.717) is 42.8 Å². The zero-order valence-corrected chi connectivity index (χ0v) is 12.2. The first-order chi connectivity index (χ1) is 8.99. The Hall–Kier alpha value is -0.810. The van der Waals surface area contributed by atoms with Crippen molar-refractivity contribution in [3.8, 4) is 5.75 Å². The van der Waals surface area contributed by atoms with Crippen molar-refractivity contribution >= 4 is 11.6 Å². The van der Waals surface area contributed by atoms with E-state index in [1.165, 1.54) is 0 Å². The number of phenolic OH excluding ortho intramolecular Hbond substituents is 1. The molecule has 0 aliphatic heterocycles. The lowest BCUT2D eigenvalue weighted by atomic mass is 10.2. The summed E-state index contributed by atoms with van der Waals surface area (Å²) in [4.78, 5) is 0. The molecule has 1 rings (SSSR count). The molecule has 3 N–H and O–H groups in total. The summed E-state index contributed by atoms with van der Waals surface area (Å²) in [6.45, 7) is 5.94. The number of benzene rings is 1. The first-order valence-electron chi connectivity index (χ1n) is 6.43. The number of rotatable bonds is 8.